The third kappa shape index (κ3) is 7.74. The van der Waals surface area contributed by atoms with Gasteiger partial charge in [-0.05, 0) is 72.4 Å². The number of hydrogen-bond donors (Lipinski definition) is 2. The van der Waals surface area contributed by atoms with Gasteiger partial charge in [0.15, 0.2) is 0 Å². The van der Waals surface area contributed by atoms with Gasteiger partial charge < -0.3 is 10.4 Å². The van der Waals surface area contributed by atoms with Crippen LogP contribution in [-0.4, -0.2) is 17.0 Å². The molecule has 2 N–H and O–H groups in total. The fourth-order valence-corrected chi connectivity index (χ4v) is 3.62. The van der Waals surface area contributed by atoms with Crippen LogP contribution in [0.3, 0.4) is 0 Å². The number of nitrogens with one attached hydrogen (secondary N) is 1. The SMILES string of the molecule is CCCCc1ccc(C#Cc2ccc(CC(NC(=O)C(=O)O)c3ccc(C(F)(F)F)cc3)cc2)cc1. The Morgan fingerprint density at radius 2 is 1.39 bits per heavy atom. The fraction of sp³-hybridized carbons (Fsp3) is 0.241. The van der Waals surface area contributed by atoms with Gasteiger partial charge in [-0.25, -0.2) is 4.79 Å². The molecule has 0 aromatic heterocycles. The molecule has 3 aromatic carbocycles. The maximum atomic E-state index is 12.9. The second-order valence-corrected chi connectivity index (χ2v) is 8.40. The minimum atomic E-state index is -4.49. The first-order valence-corrected chi connectivity index (χ1v) is 11.6. The summed E-state index contributed by atoms with van der Waals surface area (Å²) >= 11 is 0. The van der Waals surface area contributed by atoms with Gasteiger partial charge in [-0.2, -0.15) is 13.2 Å². The van der Waals surface area contributed by atoms with Gasteiger partial charge >= 0.3 is 18.1 Å². The number of benzene rings is 3. The Kier molecular flexibility index (Phi) is 8.91. The van der Waals surface area contributed by atoms with E-state index in [0.717, 1.165) is 48.1 Å². The van der Waals surface area contributed by atoms with E-state index in [1.54, 1.807) is 24.3 Å². The normalized spacial score (nSPS) is 11.8. The number of carbonyl (C=O) groups excluding carboxylic acids is 1. The van der Waals surface area contributed by atoms with Crippen LogP contribution in [0.25, 0.3) is 0 Å². The Morgan fingerprint density at radius 3 is 1.86 bits per heavy atom. The van der Waals surface area contributed by atoms with E-state index in [9.17, 15) is 22.8 Å². The van der Waals surface area contributed by atoms with Crippen molar-refractivity contribution in [2.24, 2.45) is 0 Å². The second-order valence-electron chi connectivity index (χ2n) is 8.40. The number of hydrogen-bond acceptors (Lipinski definition) is 2. The summed E-state index contributed by atoms with van der Waals surface area (Å²) in [5.41, 5.74) is 3.25. The van der Waals surface area contributed by atoms with Gasteiger partial charge in [-0.1, -0.05) is 61.6 Å². The molecule has 1 amide bonds. The first-order chi connectivity index (χ1) is 17.2. The number of aliphatic carboxylic acids is 1. The quantitative estimate of drug-likeness (QED) is 0.317. The zero-order valence-electron chi connectivity index (χ0n) is 19.7. The number of carboxylic acids is 1. The maximum absolute atomic E-state index is 12.9. The van der Waals surface area contributed by atoms with Crippen LogP contribution in [-0.2, 0) is 28.6 Å². The summed E-state index contributed by atoms with van der Waals surface area (Å²) < 4.78 is 38.7. The van der Waals surface area contributed by atoms with Crippen molar-refractivity contribution >= 4 is 11.9 Å². The van der Waals surface area contributed by atoms with E-state index in [-0.39, 0.29) is 6.42 Å². The van der Waals surface area contributed by atoms with Crippen LogP contribution in [0, 0.1) is 11.8 Å². The lowest BCUT2D eigenvalue weighted by atomic mass is 9.97. The number of halogens is 3. The molecule has 0 spiro atoms. The standard InChI is InChI=1S/C29H26F3NO3/c1-2-3-4-20-5-7-21(8-6-20)9-10-22-11-13-23(14-12-22)19-26(33-27(34)28(35)36)24-15-17-25(18-16-24)29(30,31)32/h5-8,11-18,26H,2-4,19H2,1H3,(H,33,34)(H,35,36). The van der Waals surface area contributed by atoms with Crippen molar-refractivity contribution in [2.45, 2.75) is 44.8 Å². The van der Waals surface area contributed by atoms with Crippen LogP contribution >= 0.6 is 0 Å². The first-order valence-electron chi connectivity index (χ1n) is 11.6. The summed E-state index contributed by atoms with van der Waals surface area (Å²) in [6.07, 6.45) is -0.957. The summed E-state index contributed by atoms with van der Waals surface area (Å²) in [7, 11) is 0. The predicted octanol–water partition coefficient (Wildman–Crippen LogP) is 5.93. The summed E-state index contributed by atoms with van der Waals surface area (Å²) in [6, 6.07) is 18.8. The van der Waals surface area contributed by atoms with Gasteiger partial charge in [0.25, 0.3) is 0 Å². The number of carbonyl (C=O) groups is 2. The van der Waals surface area contributed by atoms with Crippen molar-refractivity contribution in [3.05, 3.63) is 106 Å². The predicted molar refractivity (Wildman–Crippen MR) is 131 cm³/mol. The van der Waals surface area contributed by atoms with E-state index < -0.39 is 29.7 Å². The highest BCUT2D eigenvalue weighted by atomic mass is 19.4. The summed E-state index contributed by atoms with van der Waals surface area (Å²) in [5, 5.41) is 11.3. The molecular formula is C29H26F3NO3. The number of carboxylic acid groups (broad SMARTS) is 1. The number of aryl methyl sites for hydroxylation is 1. The van der Waals surface area contributed by atoms with Gasteiger partial charge in [0, 0.05) is 11.1 Å². The Balaban J connectivity index is 1.73. The molecule has 0 radical (unpaired) electrons. The van der Waals surface area contributed by atoms with E-state index in [1.807, 2.05) is 12.1 Å². The summed E-state index contributed by atoms with van der Waals surface area (Å²) in [6.45, 7) is 2.16. The highest BCUT2D eigenvalue weighted by Crippen LogP contribution is 2.30. The number of unbranched alkanes of at least 4 members (excludes halogenated alkanes) is 1. The summed E-state index contributed by atoms with van der Waals surface area (Å²) in [5.74, 6) is 3.32. The van der Waals surface area contributed by atoms with Gasteiger partial charge in [0.2, 0.25) is 0 Å². The Labute approximate surface area is 208 Å². The highest BCUT2D eigenvalue weighted by Gasteiger charge is 2.30. The second kappa shape index (κ2) is 12.1. The van der Waals surface area contributed by atoms with Crippen LogP contribution in [0.15, 0.2) is 72.8 Å². The molecular weight excluding hydrogens is 467 g/mol. The molecule has 3 aromatic rings. The van der Waals surface area contributed by atoms with Crippen molar-refractivity contribution in [3.8, 4) is 11.8 Å². The van der Waals surface area contributed by atoms with Crippen molar-refractivity contribution in [3.63, 3.8) is 0 Å². The van der Waals surface area contributed by atoms with Gasteiger partial charge in [-0.3, -0.25) is 4.79 Å². The third-order valence-corrected chi connectivity index (χ3v) is 5.66. The molecule has 4 nitrogen and oxygen atoms in total. The lowest BCUT2D eigenvalue weighted by Gasteiger charge is -2.19. The molecule has 7 heteroatoms. The van der Waals surface area contributed by atoms with E-state index in [4.69, 9.17) is 5.11 Å². The van der Waals surface area contributed by atoms with Crippen LogP contribution in [0.5, 0.6) is 0 Å². The van der Waals surface area contributed by atoms with E-state index >= 15 is 0 Å². The molecule has 3 rings (SSSR count). The van der Waals surface area contributed by atoms with Crippen LogP contribution in [0.2, 0.25) is 0 Å². The van der Waals surface area contributed by atoms with Crippen molar-refractivity contribution in [2.75, 3.05) is 0 Å². The zero-order valence-corrected chi connectivity index (χ0v) is 19.7. The van der Waals surface area contributed by atoms with Gasteiger partial charge in [0.1, 0.15) is 0 Å². The van der Waals surface area contributed by atoms with Crippen molar-refractivity contribution in [1.82, 2.24) is 5.32 Å². The average Bonchev–Trinajstić information content (AvgIpc) is 2.86. The fourth-order valence-electron chi connectivity index (χ4n) is 3.62. The molecule has 0 fully saturated rings. The Bertz CT molecular complexity index is 1240. The minimum absolute atomic E-state index is 0.192. The maximum Gasteiger partial charge on any atom is 0.416 e. The lowest BCUT2D eigenvalue weighted by Crippen LogP contribution is -2.35. The Hall–Kier alpha value is -4.05. The van der Waals surface area contributed by atoms with Crippen molar-refractivity contribution < 1.29 is 27.9 Å². The van der Waals surface area contributed by atoms with Gasteiger partial charge in [-0.15, -0.1) is 0 Å². The summed E-state index contributed by atoms with van der Waals surface area (Å²) in [4.78, 5) is 22.8. The topological polar surface area (TPSA) is 66.4 Å². The third-order valence-electron chi connectivity index (χ3n) is 5.66. The molecule has 0 heterocycles. The van der Waals surface area contributed by atoms with E-state index in [2.05, 4.69) is 36.2 Å². The van der Waals surface area contributed by atoms with Gasteiger partial charge in [0.05, 0.1) is 11.6 Å². The minimum Gasteiger partial charge on any atom is -0.474 e. The molecule has 1 atom stereocenters. The van der Waals surface area contributed by atoms with Crippen LogP contribution in [0.1, 0.15) is 59.2 Å². The first kappa shape index (κ1) is 26.6. The zero-order chi connectivity index (χ0) is 26.1. The lowest BCUT2D eigenvalue weighted by molar-refractivity contribution is -0.150. The number of amides is 1. The van der Waals surface area contributed by atoms with Crippen LogP contribution in [0.4, 0.5) is 13.2 Å². The molecule has 186 valence electrons. The van der Waals surface area contributed by atoms with Crippen LogP contribution < -0.4 is 5.32 Å². The molecule has 0 saturated heterocycles. The highest BCUT2D eigenvalue weighted by molar-refractivity contribution is 6.31. The molecule has 0 saturated carbocycles. The largest absolute Gasteiger partial charge is 0.474 e. The molecule has 0 aliphatic rings. The molecule has 0 bridgehead atoms. The average molecular weight is 494 g/mol. The van der Waals surface area contributed by atoms with E-state index in [1.165, 1.54) is 17.7 Å². The molecule has 36 heavy (non-hydrogen) atoms. The van der Waals surface area contributed by atoms with Crippen molar-refractivity contribution in [1.29, 1.82) is 0 Å². The molecule has 0 aliphatic heterocycles. The number of alkyl halides is 3. The van der Waals surface area contributed by atoms with E-state index in [0.29, 0.717) is 5.56 Å². The monoisotopic (exact) mass is 493 g/mol. The Morgan fingerprint density at radius 1 is 0.861 bits per heavy atom. The smallest absolute Gasteiger partial charge is 0.416 e. The molecule has 1 unspecified atom stereocenters. The molecule has 0 aliphatic carbocycles. The number of rotatable bonds is 7.